The summed E-state index contributed by atoms with van der Waals surface area (Å²) in [5, 5.41) is 0. The van der Waals surface area contributed by atoms with Gasteiger partial charge in [-0.15, -0.1) is 0 Å². The zero-order valence-corrected chi connectivity index (χ0v) is 16.0. The molecule has 0 spiro atoms. The fourth-order valence-electron chi connectivity index (χ4n) is 8.25. The third-order valence-corrected chi connectivity index (χ3v) is 9.47. The van der Waals surface area contributed by atoms with Crippen molar-refractivity contribution in [3.63, 3.8) is 0 Å². The Hall–Kier alpha value is 0. The van der Waals surface area contributed by atoms with Gasteiger partial charge in [0, 0.05) is 0 Å². The van der Waals surface area contributed by atoms with Crippen molar-refractivity contribution in [3.8, 4) is 0 Å². The topological polar surface area (TPSA) is 0 Å². The Bertz CT molecular complexity index is 412. The molecule has 0 heteroatoms. The molecule has 23 heavy (non-hydrogen) atoms. The summed E-state index contributed by atoms with van der Waals surface area (Å²) in [6, 6.07) is 0. The molecule has 0 aliphatic heterocycles. The van der Waals surface area contributed by atoms with Gasteiger partial charge in [0.25, 0.3) is 0 Å². The summed E-state index contributed by atoms with van der Waals surface area (Å²) < 4.78 is 0. The maximum absolute atomic E-state index is 2.71. The Morgan fingerprint density at radius 2 is 1.65 bits per heavy atom. The van der Waals surface area contributed by atoms with E-state index in [-0.39, 0.29) is 0 Å². The molecule has 0 saturated heterocycles. The van der Waals surface area contributed by atoms with E-state index in [4.69, 9.17) is 0 Å². The number of hydrogen-bond donors (Lipinski definition) is 0. The SMILES string of the molecule is CCCC1CCC2C3CCC4C[C@@H](CC)CCC4C3CCC12C. The lowest BCUT2D eigenvalue weighted by molar-refractivity contribution is -0.0689. The van der Waals surface area contributed by atoms with Gasteiger partial charge in [0.15, 0.2) is 0 Å². The molecule has 0 radical (unpaired) electrons. The summed E-state index contributed by atoms with van der Waals surface area (Å²) in [5.74, 6) is 7.73. The van der Waals surface area contributed by atoms with Gasteiger partial charge in [-0.1, -0.05) is 46.5 Å². The van der Waals surface area contributed by atoms with Gasteiger partial charge in [-0.25, -0.2) is 0 Å². The second-order valence-electron chi connectivity index (χ2n) is 10.1. The predicted molar refractivity (Wildman–Crippen MR) is 99.3 cm³/mol. The van der Waals surface area contributed by atoms with Gasteiger partial charge in [0.05, 0.1) is 0 Å². The molecule has 4 saturated carbocycles. The Labute approximate surface area is 145 Å². The molecule has 0 amide bonds. The van der Waals surface area contributed by atoms with Crippen LogP contribution in [0.1, 0.15) is 97.8 Å². The summed E-state index contributed by atoms with van der Waals surface area (Å²) >= 11 is 0. The molecule has 0 bridgehead atoms. The van der Waals surface area contributed by atoms with Crippen LogP contribution in [0.25, 0.3) is 0 Å². The molecule has 0 heterocycles. The summed E-state index contributed by atoms with van der Waals surface area (Å²) in [6.45, 7) is 7.54. The minimum Gasteiger partial charge on any atom is -0.0654 e. The lowest BCUT2D eigenvalue weighted by Crippen LogP contribution is -2.48. The standard InChI is InChI=1S/C23H40/c1-4-6-18-9-12-22-21-11-8-17-15-16(5-2)7-10-19(17)20(21)13-14-23(18,22)3/h16-22H,4-15H2,1-3H3/t16-,17?,18?,19?,20?,21?,22?,23?/m0/s1. The molecular formula is C23H40. The predicted octanol–water partition coefficient (Wildman–Crippen LogP) is 7.08. The maximum atomic E-state index is 2.71. The van der Waals surface area contributed by atoms with E-state index in [2.05, 4.69) is 20.8 Å². The van der Waals surface area contributed by atoms with Crippen LogP contribution in [0.4, 0.5) is 0 Å². The first-order valence-electron chi connectivity index (χ1n) is 11.2. The highest BCUT2D eigenvalue weighted by Gasteiger charge is 2.56. The summed E-state index contributed by atoms with van der Waals surface area (Å²) in [5.41, 5.74) is 0.727. The highest BCUT2D eigenvalue weighted by atomic mass is 14.6. The van der Waals surface area contributed by atoms with Gasteiger partial charge < -0.3 is 0 Å². The minimum atomic E-state index is 0.727. The Morgan fingerprint density at radius 1 is 0.826 bits per heavy atom. The zero-order valence-electron chi connectivity index (χ0n) is 16.0. The van der Waals surface area contributed by atoms with Gasteiger partial charge in [-0.3, -0.25) is 0 Å². The molecule has 132 valence electrons. The van der Waals surface area contributed by atoms with Gasteiger partial charge in [0.1, 0.15) is 0 Å². The second-order valence-corrected chi connectivity index (χ2v) is 10.1. The fourth-order valence-corrected chi connectivity index (χ4v) is 8.25. The normalized spacial score (nSPS) is 52.6. The van der Waals surface area contributed by atoms with Crippen LogP contribution in [-0.4, -0.2) is 0 Å². The van der Waals surface area contributed by atoms with E-state index in [1.54, 1.807) is 57.8 Å². The molecule has 4 rings (SSSR count). The minimum absolute atomic E-state index is 0.727. The smallest absolute Gasteiger partial charge is 0.0266 e. The Balaban J connectivity index is 1.50. The average molecular weight is 317 g/mol. The van der Waals surface area contributed by atoms with Crippen molar-refractivity contribution in [2.45, 2.75) is 97.8 Å². The number of fused-ring (bicyclic) bond motifs is 5. The molecule has 7 unspecified atom stereocenters. The second kappa shape index (κ2) is 6.38. The molecule has 0 aromatic carbocycles. The lowest BCUT2D eigenvalue weighted by atomic mass is 9.49. The first-order valence-corrected chi connectivity index (χ1v) is 11.2. The van der Waals surface area contributed by atoms with Gasteiger partial charge >= 0.3 is 0 Å². The Morgan fingerprint density at radius 3 is 2.43 bits per heavy atom. The first kappa shape index (κ1) is 16.5. The van der Waals surface area contributed by atoms with Crippen molar-refractivity contribution in [1.29, 1.82) is 0 Å². The van der Waals surface area contributed by atoms with Crippen molar-refractivity contribution >= 4 is 0 Å². The molecule has 0 N–H and O–H groups in total. The molecular weight excluding hydrogens is 276 g/mol. The highest BCUT2D eigenvalue weighted by molar-refractivity contribution is 5.05. The maximum Gasteiger partial charge on any atom is -0.0266 e. The molecule has 0 aromatic heterocycles. The Kier molecular flexibility index (Phi) is 4.57. The van der Waals surface area contributed by atoms with Gasteiger partial charge in [-0.2, -0.15) is 0 Å². The molecule has 4 aliphatic rings. The van der Waals surface area contributed by atoms with Gasteiger partial charge in [-0.05, 0) is 98.2 Å². The van der Waals surface area contributed by atoms with Crippen LogP contribution in [0.2, 0.25) is 0 Å². The first-order chi connectivity index (χ1) is 11.2. The van der Waals surface area contributed by atoms with Crippen LogP contribution in [0, 0.1) is 46.8 Å². The molecule has 4 fully saturated rings. The third kappa shape index (κ3) is 2.62. The monoisotopic (exact) mass is 316 g/mol. The van der Waals surface area contributed by atoms with Crippen LogP contribution < -0.4 is 0 Å². The average Bonchev–Trinajstić information content (AvgIpc) is 2.91. The van der Waals surface area contributed by atoms with E-state index in [9.17, 15) is 0 Å². The number of hydrogen-bond acceptors (Lipinski definition) is 0. The largest absolute Gasteiger partial charge is 0.0654 e. The lowest BCUT2D eigenvalue weighted by Gasteiger charge is -2.56. The molecule has 0 aromatic rings. The van der Waals surface area contributed by atoms with E-state index < -0.39 is 0 Å². The van der Waals surface area contributed by atoms with Crippen LogP contribution in [0.3, 0.4) is 0 Å². The summed E-state index contributed by atoms with van der Waals surface area (Å²) in [7, 11) is 0. The van der Waals surface area contributed by atoms with E-state index in [0.717, 1.165) is 46.8 Å². The van der Waals surface area contributed by atoms with E-state index >= 15 is 0 Å². The van der Waals surface area contributed by atoms with Crippen molar-refractivity contribution in [2.75, 3.05) is 0 Å². The molecule has 4 aliphatic carbocycles. The summed E-state index contributed by atoms with van der Waals surface area (Å²) in [4.78, 5) is 0. The van der Waals surface area contributed by atoms with Crippen LogP contribution in [0.5, 0.6) is 0 Å². The van der Waals surface area contributed by atoms with E-state index in [1.807, 2.05) is 0 Å². The van der Waals surface area contributed by atoms with E-state index in [0.29, 0.717) is 0 Å². The van der Waals surface area contributed by atoms with Crippen molar-refractivity contribution in [1.82, 2.24) is 0 Å². The molecule has 0 nitrogen and oxygen atoms in total. The van der Waals surface area contributed by atoms with Crippen LogP contribution in [-0.2, 0) is 0 Å². The molecule has 8 atom stereocenters. The van der Waals surface area contributed by atoms with Crippen LogP contribution >= 0.6 is 0 Å². The van der Waals surface area contributed by atoms with Crippen LogP contribution in [0.15, 0.2) is 0 Å². The fraction of sp³-hybridized carbons (Fsp3) is 1.00. The third-order valence-electron chi connectivity index (χ3n) is 9.47. The quantitative estimate of drug-likeness (QED) is 0.521. The highest BCUT2D eigenvalue weighted by Crippen LogP contribution is 2.65. The van der Waals surface area contributed by atoms with Crippen molar-refractivity contribution in [2.24, 2.45) is 46.8 Å². The zero-order chi connectivity index (χ0) is 16.0. The van der Waals surface area contributed by atoms with E-state index in [1.165, 1.54) is 19.3 Å². The number of rotatable bonds is 3. The van der Waals surface area contributed by atoms with Crippen molar-refractivity contribution in [3.05, 3.63) is 0 Å². The van der Waals surface area contributed by atoms with Crippen molar-refractivity contribution < 1.29 is 0 Å². The van der Waals surface area contributed by atoms with Gasteiger partial charge in [0.2, 0.25) is 0 Å². The summed E-state index contributed by atoms with van der Waals surface area (Å²) in [6.07, 6.45) is 18.6.